The van der Waals surface area contributed by atoms with E-state index in [-0.39, 0.29) is 12.4 Å². The quantitative estimate of drug-likeness (QED) is 0.811. The Bertz CT molecular complexity index is 391. The van der Waals surface area contributed by atoms with Crippen molar-refractivity contribution in [3.63, 3.8) is 0 Å². The van der Waals surface area contributed by atoms with E-state index in [0.717, 1.165) is 25.9 Å². The maximum Gasteiger partial charge on any atom is 0.211 e. The second kappa shape index (κ2) is 7.94. The van der Waals surface area contributed by atoms with Gasteiger partial charge in [0.15, 0.2) is 0 Å². The van der Waals surface area contributed by atoms with Gasteiger partial charge in [0.05, 0.1) is 6.26 Å². The fourth-order valence-electron chi connectivity index (χ4n) is 3.41. The van der Waals surface area contributed by atoms with Gasteiger partial charge in [0, 0.05) is 32.2 Å². The van der Waals surface area contributed by atoms with Crippen LogP contribution in [0.15, 0.2) is 0 Å². The highest BCUT2D eigenvalue weighted by molar-refractivity contribution is 7.88. The molecule has 2 heterocycles. The van der Waals surface area contributed by atoms with Gasteiger partial charge >= 0.3 is 0 Å². The van der Waals surface area contributed by atoms with Crippen LogP contribution >= 0.6 is 12.4 Å². The topological polar surface area (TPSA) is 52.6 Å². The SMILES string of the molecule is CNCC1CCCN1CC1CCCN(S(C)(=O)=O)C1.Cl. The lowest BCUT2D eigenvalue weighted by atomic mass is 9.98. The van der Waals surface area contributed by atoms with Crippen LogP contribution in [0.1, 0.15) is 25.7 Å². The molecule has 2 fully saturated rings. The summed E-state index contributed by atoms with van der Waals surface area (Å²) in [5.41, 5.74) is 0. The Morgan fingerprint density at radius 3 is 2.55 bits per heavy atom. The molecule has 2 aliphatic heterocycles. The van der Waals surface area contributed by atoms with Crippen LogP contribution in [0, 0.1) is 5.92 Å². The molecule has 0 saturated carbocycles. The van der Waals surface area contributed by atoms with Gasteiger partial charge in [-0.15, -0.1) is 12.4 Å². The molecular weight excluding hydrogens is 298 g/mol. The number of likely N-dealkylation sites (N-methyl/N-ethyl adjacent to an activating group) is 1. The minimum absolute atomic E-state index is 0. The number of piperidine rings is 1. The van der Waals surface area contributed by atoms with Gasteiger partial charge in [-0.2, -0.15) is 0 Å². The predicted octanol–water partition coefficient (Wildman–Crippen LogP) is 0.764. The van der Waals surface area contributed by atoms with Crippen LogP contribution in [0.2, 0.25) is 0 Å². The summed E-state index contributed by atoms with van der Waals surface area (Å²) in [7, 11) is -1.01. The van der Waals surface area contributed by atoms with Crippen molar-refractivity contribution in [2.24, 2.45) is 5.92 Å². The first-order valence-corrected chi connectivity index (χ1v) is 9.19. The van der Waals surface area contributed by atoms with Gasteiger partial charge in [-0.25, -0.2) is 12.7 Å². The molecule has 0 aromatic rings. The maximum atomic E-state index is 11.6. The third-order valence-corrected chi connectivity index (χ3v) is 5.65. The van der Waals surface area contributed by atoms with Crippen LogP contribution in [-0.2, 0) is 10.0 Å². The number of rotatable bonds is 5. The highest BCUT2D eigenvalue weighted by atomic mass is 35.5. The normalized spacial score (nSPS) is 29.3. The van der Waals surface area contributed by atoms with E-state index in [1.165, 1.54) is 25.6 Å². The fourth-order valence-corrected chi connectivity index (χ4v) is 4.35. The van der Waals surface area contributed by atoms with Gasteiger partial charge in [-0.1, -0.05) is 0 Å². The lowest BCUT2D eigenvalue weighted by Crippen LogP contribution is -2.45. The first kappa shape index (κ1) is 18.2. The zero-order chi connectivity index (χ0) is 13.9. The number of hydrogen-bond acceptors (Lipinski definition) is 4. The summed E-state index contributed by atoms with van der Waals surface area (Å²) in [5.74, 6) is 0.501. The third-order valence-electron chi connectivity index (χ3n) is 4.38. The van der Waals surface area contributed by atoms with Crippen LogP contribution < -0.4 is 5.32 Å². The van der Waals surface area contributed by atoms with Gasteiger partial charge in [-0.3, -0.25) is 4.90 Å². The Labute approximate surface area is 129 Å². The fraction of sp³-hybridized carbons (Fsp3) is 1.00. The van der Waals surface area contributed by atoms with E-state index < -0.39 is 10.0 Å². The molecule has 5 nitrogen and oxygen atoms in total. The average Bonchev–Trinajstić information content (AvgIpc) is 2.77. The Balaban J connectivity index is 0.00000200. The molecule has 2 saturated heterocycles. The second-order valence-electron chi connectivity index (χ2n) is 5.98. The number of nitrogens with one attached hydrogen (secondary N) is 1. The van der Waals surface area contributed by atoms with E-state index >= 15 is 0 Å². The predicted molar refractivity (Wildman–Crippen MR) is 84.9 cm³/mol. The van der Waals surface area contributed by atoms with Crippen molar-refractivity contribution in [3.8, 4) is 0 Å². The molecule has 120 valence electrons. The molecule has 2 unspecified atom stereocenters. The van der Waals surface area contributed by atoms with Crippen molar-refractivity contribution >= 4 is 22.4 Å². The van der Waals surface area contributed by atoms with Crippen LogP contribution in [0.4, 0.5) is 0 Å². The largest absolute Gasteiger partial charge is 0.318 e. The van der Waals surface area contributed by atoms with E-state index in [1.807, 2.05) is 7.05 Å². The van der Waals surface area contributed by atoms with Crippen LogP contribution in [-0.4, -0.2) is 69.7 Å². The van der Waals surface area contributed by atoms with E-state index in [1.54, 1.807) is 4.31 Å². The van der Waals surface area contributed by atoms with E-state index in [9.17, 15) is 8.42 Å². The first-order chi connectivity index (χ1) is 9.00. The zero-order valence-corrected chi connectivity index (χ0v) is 14.2. The monoisotopic (exact) mass is 325 g/mol. The van der Waals surface area contributed by atoms with E-state index in [4.69, 9.17) is 0 Å². The van der Waals surface area contributed by atoms with E-state index in [2.05, 4.69) is 10.2 Å². The molecule has 2 atom stereocenters. The lowest BCUT2D eigenvalue weighted by Gasteiger charge is -2.35. The molecule has 7 heteroatoms. The van der Waals surface area contributed by atoms with Crippen molar-refractivity contribution in [2.45, 2.75) is 31.7 Å². The minimum Gasteiger partial charge on any atom is -0.318 e. The Morgan fingerprint density at radius 1 is 1.20 bits per heavy atom. The Morgan fingerprint density at radius 2 is 1.90 bits per heavy atom. The molecule has 20 heavy (non-hydrogen) atoms. The molecule has 0 amide bonds. The molecule has 2 rings (SSSR count). The Kier molecular flexibility index (Phi) is 7.21. The smallest absolute Gasteiger partial charge is 0.211 e. The molecular formula is C13H28ClN3O2S. The van der Waals surface area contributed by atoms with Gasteiger partial charge < -0.3 is 5.32 Å². The van der Waals surface area contributed by atoms with Crippen LogP contribution in [0.5, 0.6) is 0 Å². The average molecular weight is 326 g/mol. The van der Waals surface area contributed by atoms with Crippen molar-refractivity contribution in [1.82, 2.24) is 14.5 Å². The summed E-state index contributed by atoms with van der Waals surface area (Å²) >= 11 is 0. The van der Waals surface area contributed by atoms with Gasteiger partial charge in [-0.05, 0) is 45.2 Å². The third kappa shape index (κ3) is 4.84. The number of halogens is 1. The Hall–Kier alpha value is 0.120. The molecule has 0 radical (unpaired) electrons. The molecule has 0 bridgehead atoms. The van der Waals surface area contributed by atoms with E-state index in [0.29, 0.717) is 25.0 Å². The minimum atomic E-state index is -3.01. The summed E-state index contributed by atoms with van der Waals surface area (Å²) < 4.78 is 24.9. The summed E-state index contributed by atoms with van der Waals surface area (Å²) in [6, 6.07) is 0.638. The highest BCUT2D eigenvalue weighted by Gasteiger charge is 2.30. The van der Waals surface area contributed by atoms with Gasteiger partial charge in [0.25, 0.3) is 0 Å². The highest BCUT2D eigenvalue weighted by Crippen LogP contribution is 2.24. The summed E-state index contributed by atoms with van der Waals surface area (Å²) in [4.78, 5) is 2.55. The van der Waals surface area contributed by atoms with Crippen molar-refractivity contribution in [2.75, 3.05) is 46.0 Å². The standard InChI is InChI=1S/C13H27N3O2S.ClH/c1-14-9-13-6-4-7-15(13)10-12-5-3-8-16(11-12)19(2,17)18;/h12-14H,3-11H2,1-2H3;1H. The van der Waals surface area contributed by atoms with Crippen molar-refractivity contribution in [3.05, 3.63) is 0 Å². The molecule has 0 aliphatic carbocycles. The maximum absolute atomic E-state index is 11.6. The molecule has 0 spiro atoms. The van der Waals surface area contributed by atoms with Crippen molar-refractivity contribution in [1.29, 1.82) is 0 Å². The number of nitrogens with zero attached hydrogens (tertiary/aromatic N) is 2. The summed E-state index contributed by atoms with van der Waals surface area (Å²) in [6.07, 6.45) is 6.03. The molecule has 0 aromatic carbocycles. The van der Waals surface area contributed by atoms with Crippen molar-refractivity contribution < 1.29 is 8.42 Å². The zero-order valence-electron chi connectivity index (χ0n) is 12.5. The van der Waals surface area contributed by atoms with Gasteiger partial charge in [0.2, 0.25) is 10.0 Å². The molecule has 2 aliphatic rings. The second-order valence-corrected chi connectivity index (χ2v) is 7.96. The number of likely N-dealkylation sites (tertiary alicyclic amines) is 1. The van der Waals surface area contributed by atoms with Crippen LogP contribution in [0.3, 0.4) is 0 Å². The van der Waals surface area contributed by atoms with Gasteiger partial charge in [0.1, 0.15) is 0 Å². The first-order valence-electron chi connectivity index (χ1n) is 7.34. The molecule has 1 N–H and O–H groups in total. The summed E-state index contributed by atoms with van der Waals surface area (Å²) in [5, 5.41) is 3.26. The molecule has 0 aromatic heterocycles. The lowest BCUT2D eigenvalue weighted by molar-refractivity contribution is 0.167. The number of sulfonamides is 1. The summed E-state index contributed by atoms with van der Waals surface area (Å²) in [6.45, 7) is 4.68. The van der Waals surface area contributed by atoms with Crippen LogP contribution in [0.25, 0.3) is 0 Å². The number of hydrogen-bond donors (Lipinski definition) is 1.